The van der Waals surface area contributed by atoms with Gasteiger partial charge < -0.3 is 5.32 Å². The van der Waals surface area contributed by atoms with E-state index in [1.807, 2.05) is 25.2 Å². The van der Waals surface area contributed by atoms with Gasteiger partial charge in [0.25, 0.3) is 0 Å². The summed E-state index contributed by atoms with van der Waals surface area (Å²) >= 11 is 12.4. The summed E-state index contributed by atoms with van der Waals surface area (Å²) in [5, 5.41) is 8.02. The van der Waals surface area contributed by atoms with Gasteiger partial charge in [0, 0.05) is 55.6 Å². The zero-order valence-electron chi connectivity index (χ0n) is 17.5. The van der Waals surface area contributed by atoms with E-state index in [1.165, 1.54) is 12.4 Å². The maximum Gasteiger partial charge on any atom is 0.232 e. The quantitative estimate of drug-likeness (QED) is 0.462. The van der Waals surface area contributed by atoms with Crippen molar-refractivity contribution in [1.29, 1.82) is 0 Å². The van der Waals surface area contributed by atoms with E-state index in [2.05, 4.69) is 30.4 Å². The standard InChI is InChI=1S/C22H18Cl2N8O/c1-31-19(3-6-28-31)30-22-26-5-2-18(29-22)14-8-13-4-7-32(21(13)27-10-14)20(33)9-15-16(23)11-25-12-17(15)24/h2-3,5-6,8,10-12H,4,7,9H2,1H3,(H,26,29,30). The van der Waals surface area contributed by atoms with Crippen LogP contribution in [-0.4, -0.2) is 42.2 Å². The van der Waals surface area contributed by atoms with Gasteiger partial charge in [0.15, 0.2) is 0 Å². The van der Waals surface area contributed by atoms with Crippen molar-refractivity contribution in [3.8, 4) is 11.3 Å². The molecule has 4 aromatic heterocycles. The fraction of sp³-hybridized carbons (Fsp3) is 0.182. The first-order valence-electron chi connectivity index (χ1n) is 10.1. The zero-order chi connectivity index (χ0) is 22.9. The first-order chi connectivity index (χ1) is 16.0. The summed E-state index contributed by atoms with van der Waals surface area (Å²) < 4.78 is 1.70. The Morgan fingerprint density at radius 3 is 2.70 bits per heavy atom. The van der Waals surface area contributed by atoms with Crippen LogP contribution in [-0.2, 0) is 24.7 Å². The van der Waals surface area contributed by atoms with E-state index in [-0.39, 0.29) is 12.3 Å². The molecule has 5 heterocycles. The summed E-state index contributed by atoms with van der Waals surface area (Å²) in [6.45, 7) is 0.544. The fourth-order valence-corrected chi connectivity index (χ4v) is 4.19. The fourth-order valence-electron chi connectivity index (χ4n) is 3.70. The molecule has 0 spiro atoms. The number of fused-ring (bicyclic) bond motifs is 1. The molecule has 0 saturated carbocycles. The number of carbonyl (C=O) groups is 1. The predicted octanol–water partition coefficient (Wildman–Crippen LogP) is 3.85. The molecule has 0 fully saturated rings. The van der Waals surface area contributed by atoms with Crippen LogP contribution < -0.4 is 10.2 Å². The van der Waals surface area contributed by atoms with Gasteiger partial charge in [-0.15, -0.1) is 0 Å². The zero-order valence-corrected chi connectivity index (χ0v) is 19.0. The number of aryl methyl sites for hydroxylation is 1. The highest BCUT2D eigenvalue weighted by Crippen LogP contribution is 2.31. The van der Waals surface area contributed by atoms with Crippen molar-refractivity contribution in [2.24, 2.45) is 7.05 Å². The smallest absolute Gasteiger partial charge is 0.232 e. The molecular formula is C22H18Cl2N8O. The van der Waals surface area contributed by atoms with Gasteiger partial charge in [0.1, 0.15) is 11.6 Å². The number of hydrogen-bond acceptors (Lipinski definition) is 7. The van der Waals surface area contributed by atoms with Crippen LogP contribution >= 0.6 is 23.2 Å². The van der Waals surface area contributed by atoms with Crippen molar-refractivity contribution >= 4 is 46.7 Å². The Kier molecular flexibility index (Phi) is 5.65. The molecule has 0 radical (unpaired) electrons. The third kappa shape index (κ3) is 4.24. The number of hydrogen-bond donors (Lipinski definition) is 1. The van der Waals surface area contributed by atoms with E-state index in [1.54, 1.807) is 28.2 Å². The van der Waals surface area contributed by atoms with Crippen LogP contribution in [0.15, 0.2) is 49.2 Å². The summed E-state index contributed by atoms with van der Waals surface area (Å²) in [5.74, 6) is 1.77. The number of carbonyl (C=O) groups excluding carboxylic acids is 1. The molecule has 1 amide bonds. The maximum atomic E-state index is 13.0. The van der Waals surface area contributed by atoms with Crippen molar-refractivity contribution in [1.82, 2.24) is 29.7 Å². The molecule has 1 N–H and O–H groups in total. The molecule has 166 valence electrons. The van der Waals surface area contributed by atoms with Crippen LogP contribution in [0.25, 0.3) is 11.3 Å². The normalized spacial score (nSPS) is 12.6. The predicted molar refractivity (Wildman–Crippen MR) is 126 cm³/mol. The number of halogens is 2. The molecular weight excluding hydrogens is 463 g/mol. The topological polar surface area (TPSA) is 102 Å². The molecule has 9 nitrogen and oxygen atoms in total. The Labute approximate surface area is 199 Å². The minimum absolute atomic E-state index is 0.0814. The monoisotopic (exact) mass is 480 g/mol. The number of rotatable bonds is 5. The van der Waals surface area contributed by atoms with E-state index >= 15 is 0 Å². The number of nitrogens with zero attached hydrogens (tertiary/aromatic N) is 7. The van der Waals surface area contributed by atoms with Gasteiger partial charge in [-0.1, -0.05) is 23.2 Å². The Hall–Kier alpha value is -3.56. The summed E-state index contributed by atoms with van der Waals surface area (Å²) in [5.41, 5.74) is 3.12. The van der Waals surface area contributed by atoms with Crippen molar-refractivity contribution < 1.29 is 4.79 Å². The molecule has 0 aliphatic carbocycles. The lowest BCUT2D eigenvalue weighted by Crippen LogP contribution is -2.31. The largest absolute Gasteiger partial charge is 0.309 e. The molecule has 4 aromatic rings. The molecule has 33 heavy (non-hydrogen) atoms. The number of amides is 1. The second kappa shape index (κ2) is 8.76. The van der Waals surface area contributed by atoms with E-state index in [0.29, 0.717) is 40.3 Å². The first kappa shape index (κ1) is 21.3. The lowest BCUT2D eigenvalue weighted by molar-refractivity contribution is -0.117. The molecule has 0 atom stereocenters. The van der Waals surface area contributed by atoms with Crippen molar-refractivity contribution in [3.05, 3.63) is 70.4 Å². The molecule has 0 aromatic carbocycles. The number of anilines is 3. The van der Waals surface area contributed by atoms with Crippen molar-refractivity contribution in [2.45, 2.75) is 12.8 Å². The highest BCUT2D eigenvalue weighted by Gasteiger charge is 2.27. The molecule has 0 bridgehead atoms. The average Bonchev–Trinajstić information content (AvgIpc) is 3.42. The molecule has 11 heteroatoms. The van der Waals surface area contributed by atoms with E-state index in [9.17, 15) is 4.79 Å². The second-order valence-corrected chi connectivity index (χ2v) is 8.31. The van der Waals surface area contributed by atoms with Crippen LogP contribution in [0.3, 0.4) is 0 Å². The molecule has 5 rings (SSSR count). The maximum absolute atomic E-state index is 13.0. The van der Waals surface area contributed by atoms with Gasteiger partial charge >= 0.3 is 0 Å². The van der Waals surface area contributed by atoms with Gasteiger partial charge in [-0.25, -0.2) is 15.0 Å². The first-order valence-corrected chi connectivity index (χ1v) is 10.9. The third-order valence-corrected chi connectivity index (χ3v) is 6.05. The Bertz CT molecular complexity index is 1340. The van der Waals surface area contributed by atoms with Gasteiger partial charge in [-0.05, 0) is 24.1 Å². The molecule has 0 unspecified atom stereocenters. The highest BCUT2D eigenvalue weighted by atomic mass is 35.5. The van der Waals surface area contributed by atoms with Gasteiger partial charge in [-0.2, -0.15) is 5.10 Å². The minimum Gasteiger partial charge on any atom is -0.309 e. The summed E-state index contributed by atoms with van der Waals surface area (Å²) in [6, 6.07) is 5.67. The van der Waals surface area contributed by atoms with Crippen LogP contribution in [0.1, 0.15) is 11.1 Å². The molecule has 0 saturated heterocycles. The number of aromatic nitrogens is 6. The summed E-state index contributed by atoms with van der Waals surface area (Å²) in [7, 11) is 1.83. The van der Waals surface area contributed by atoms with Crippen molar-refractivity contribution in [2.75, 3.05) is 16.8 Å². The second-order valence-electron chi connectivity index (χ2n) is 7.49. The van der Waals surface area contributed by atoms with Crippen LogP contribution in [0, 0.1) is 0 Å². The highest BCUT2D eigenvalue weighted by molar-refractivity contribution is 6.36. The summed E-state index contributed by atoms with van der Waals surface area (Å²) in [4.78, 5) is 32.0. The van der Waals surface area contributed by atoms with Gasteiger partial charge in [0.05, 0.1) is 28.4 Å². The lowest BCUT2D eigenvalue weighted by atomic mass is 10.1. The van der Waals surface area contributed by atoms with Crippen molar-refractivity contribution in [3.63, 3.8) is 0 Å². The Morgan fingerprint density at radius 1 is 1.12 bits per heavy atom. The molecule has 1 aliphatic rings. The van der Waals surface area contributed by atoms with Crippen LogP contribution in [0.5, 0.6) is 0 Å². The molecule has 1 aliphatic heterocycles. The Balaban J connectivity index is 1.36. The summed E-state index contributed by atoms with van der Waals surface area (Å²) in [6.07, 6.45) is 8.85. The van der Waals surface area contributed by atoms with Crippen LogP contribution in [0.4, 0.5) is 17.6 Å². The Morgan fingerprint density at radius 2 is 1.94 bits per heavy atom. The average molecular weight is 481 g/mol. The van der Waals surface area contributed by atoms with Gasteiger partial charge in [-0.3, -0.25) is 19.4 Å². The van der Waals surface area contributed by atoms with Gasteiger partial charge in [0.2, 0.25) is 11.9 Å². The third-order valence-electron chi connectivity index (χ3n) is 5.40. The number of nitrogens with one attached hydrogen (secondary N) is 1. The minimum atomic E-state index is -0.117. The van der Waals surface area contributed by atoms with Crippen LogP contribution in [0.2, 0.25) is 10.0 Å². The lowest BCUT2D eigenvalue weighted by Gasteiger charge is -2.17. The number of pyridine rings is 2. The SMILES string of the molecule is Cn1nccc1Nc1nccc(-c2cnc3c(c2)CCN3C(=O)Cc2c(Cl)cncc2Cl)n1. The van der Waals surface area contributed by atoms with E-state index < -0.39 is 0 Å². The van der Waals surface area contributed by atoms with E-state index in [0.717, 1.165) is 22.6 Å². The van der Waals surface area contributed by atoms with E-state index in [4.69, 9.17) is 23.2 Å².